The third-order valence-corrected chi connectivity index (χ3v) is 5.07. The van der Waals surface area contributed by atoms with Gasteiger partial charge in [-0.2, -0.15) is 0 Å². The number of carbonyl (C=O) groups is 1. The van der Waals surface area contributed by atoms with E-state index in [1.807, 2.05) is 24.9 Å². The van der Waals surface area contributed by atoms with Crippen LogP contribution in [0.4, 0.5) is 10.6 Å². The summed E-state index contributed by atoms with van der Waals surface area (Å²) in [4.78, 5) is 21.1. The molecule has 0 aromatic carbocycles. The van der Waals surface area contributed by atoms with Gasteiger partial charge >= 0.3 is 6.03 Å². The van der Waals surface area contributed by atoms with E-state index in [4.69, 9.17) is 4.74 Å². The lowest BCUT2D eigenvalue weighted by atomic mass is 9.99. The third kappa shape index (κ3) is 4.84. The van der Waals surface area contributed by atoms with Crippen molar-refractivity contribution < 1.29 is 9.53 Å². The van der Waals surface area contributed by atoms with Gasteiger partial charge in [-0.25, -0.2) is 9.78 Å². The van der Waals surface area contributed by atoms with Crippen molar-refractivity contribution in [1.29, 1.82) is 0 Å². The van der Waals surface area contributed by atoms with E-state index in [9.17, 15) is 4.79 Å². The minimum Gasteiger partial charge on any atom is -0.372 e. The van der Waals surface area contributed by atoms with Crippen LogP contribution in [0.15, 0.2) is 18.3 Å². The Morgan fingerprint density at radius 1 is 1.20 bits per heavy atom. The molecule has 0 bridgehead atoms. The maximum atomic E-state index is 12.3. The molecule has 1 N–H and O–H groups in total. The standard InChI is InChI=1S/C19H30N4O2/c1-14-6-8-22(9-7-14)18-5-4-17(10-20-18)11-21-19(24)23-12-15(2)25-16(3)13-23/h4-5,10,14-16H,6-9,11-13H2,1-3H3,(H,21,24). The fourth-order valence-corrected chi connectivity index (χ4v) is 3.58. The van der Waals surface area contributed by atoms with E-state index in [-0.39, 0.29) is 18.2 Å². The van der Waals surface area contributed by atoms with Crippen molar-refractivity contribution in [1.82, 2.24) is 15.2 Å². The Kier molecular flexibility index (Phi) is 5.78. The molecule has 6 heteroatoms. The minimum absolute atomic E-state index is 0.0314. The molecule has 2 fully saturated rings. The molecule has 1 aromatic rings. The Balaban J connectivity index is 1.49. The first-order valence-corrected chi connectivity index (χ1v) is 9.39. The topological polar surface area (TPSA) is 57.7 Å². The maximum Gasteiger partial charge on any atom is 0.317 e. The van der Waals surface area contributed by atoms with Gasteiger partial charge in [0, 0.05) is 38.9 Å². The summed E-state index contributed by atoms with van der Waals surface area (Å²) in [7, 11) is 0. The predicted molar refractivity (Wildman–Crippen MR) is 98.7 cm³/mol. The Morgan fingerprint density at radius 2 is 1.88 bits per heavy atom. The molecule has 25 heavy (non-hydrogen) atoms. The molecular weight excluding hydrogens is 316 g/mol. The van der Waals surface area contributed by atoms with Gasteiger partial charge in [0.2, 0.25) is 0 Å². The van der Waals surface area contributed by atoms with E-state index in [2.05, 4.69) is 34.3 Å². The number of morpholine rings is 1. The van der Waals surface area contributed by atoms with Crippen LogP contribution in [0.2, 0.25) is 0 Å². The van der Waals surface area contributed by atoms with E-state index in [0.29, 0.717) is 19.6 Å². The molecule has 2 atom stereocenters. The minimum atomic E-state index is -0.0314. The molecule has 138 valence electrons. The van der Waals surface area contributed by atoms with E-state index in [0.717, 1.165) is 30.4 Å². The second-order valence-electron chi connectivity index (χ2n) is 7.52. The van der Waals surface area contributed by atoms with Crippen molar-refractivity contribution in [3.05, 3.63) is 23.9 Å². The van der Waals surface area contributed by atoms with Crippen LogP contribution in [0.5, 0.6) is 0 Å². The number of anilines is 1. The summed E-state index contributed by atoms with van der Waals surface area (Å²) in [5, 5.41) is 2.99. The Labute approximate surface area is 150 Å². The van der Waals surface area contributed by atoms with Crippen molar-refractivity contribution in [2.75, 3.05) is 31.1 Å². The number of piperidine rings is 1. The molecule has 6 nitrogen and oxygen atoms in total. The van der Waals surface area contributed by atoms with Gasteiger partial charge < -0.3 is 19.9 Å². The lowest BCUT2D eigenvalue weighted by Crippen LogP contribution is -2.51. The van der Waals surface area contributed by atoms with Gasteiger partial charge in [-0.3, -0.25) is 0 Å². The number of urea groups is 1. The summed E-state index contributed by atoms with van der Waals surface area (Å²) >= 11 is 0. The average molecular weight is 346 g/mol. The lowest BCUT2D eigenvalue weighted by molar-refractivity contribution is -0.0545. The Hall–Kier alpha value is -1.82. The summed E-state index contributed by atoms with van der Waals surface area (Å²) in [6.45, 7) is 10.3. The summed E-state index contributed by atoms with van der Waals surface area (Å²) < 4.78 is 5.67. The van der Waals surface area contributed by atoms with Crippen LogP contribution >= 0.6 is 0 Å². The zero-order chi connectivity index (χ0) is 17.8. The smallest absolute Gasteiger partial charge is 0.317 e. The second-order valence-corrected chi connectivity index (χ2v) is 7.52. The van der Waals surface area contributed by atoms with Crippen molar-refractivity contribution in [3.63, 3.8) is 0 Å². The van der Waals surface area contributed by atoms with Crippen LogP contribution < -0.4 is 10.2 Å². The van der Waals surface area contributed by atoms with Crippen molar-refractivity contribution in [3.8, 4) is 0 Å². The number of nitrogens with one attached hydrogen (secondary N) is 1. The Morgan fingerprint density at radius 3 is 2.48 bits per heavy atom. The number of amides is 2. The fraction of sp³-hybridized carbons (Fsp3) is 0.684. The van der Waals surface area contributed by atoms with Gasteiger partial charge in [-0.1, -0.05) is 13.0 Å². The van der Waals surface area contributed by atoms with Crippen LogP contribution in [0.1, 0.15) is 39.2 Å². The van der Waals surface area contributed by atoms with Crippen molar-refractivity contribution in [2.45, 2.75) is 52.4 Å². The number of ether oxygens (including phenoxy) is 1. The highest BCUT2D eigenvalue weighted by Crippen LogP contribution is 2.21. The highest BCUT2D eigenvalue weighted by molar-refractivity contribution is 5.74. The molecular formula is C19H30N4O2. The fourth-order valence-electron chi connectivity index (χ4n) is 3.58. The van der Waals surface area contributed by atoms with Gasteiger partial charge in [-0.05, 0) is 44.2 Å². The lowest BCUT2D eigenvalue weighted by Gasteiger charge is -2.35. The molecule has 2 unspecified atom stereocenters. The van der Waals surface area contributed by atoms with Crippen molar-refractivity contribution in [2.24, 2.45) is 5.92 Å². The monoisotopic (exact) mass is 346 g/mol. The summed E-state index contributed by atoms with van der Waals surface area (Å²) in [5.41, 5.74) is 1.02. The Bertz CT molecular complexity index is 559. The SMILES string of the molecule is CC1CCN(c2ccc(CNC(=O)N3CC(C)OC(C)C3)cn2)CC1. The van der Waals surface area contributed by atoms with Crippen molar-refractivity contribution >= 4 is 11.8 Å². The van der Waals surface area contributed by atoms with E-state index >= 15 is 0 Å². The number of hydrogen-bond acceptors (Lipinski definition) is 4. The molecule has 3 rings (SSSR count). The van der Waals surface area contributed by atoms with E-state index in [1.54, 1.807) is 0 Å². The molecule has 3 heterocycles. The zero-order valence-corrected chi connectivity index (χ0v) is 15.6. The number of hydrogen-bond donors (Lipinski definition) is 1. The molecule has 0 spiro atoms. The van der Waals surface area contributed by atoms with Gasteiger partial charge in [0.1, 0.15) is 5.82 Å². The quantitative estimate of drug-likeness (QED) is 0.914. The molecule has 1 aromatic heterocycles. The highest BCUT2D eigenvalue weighted by Gasteiger charge is 2.25. The van der Waals surface area contributed by atoms with Gasteiger partial charge in [0.15, 0.2) is 0 Å². The summed E-state index contributed by atoms with van der Waals surface area (Å²) in [5.74, 6) is 1.86. The molecule has 2 saturated heterocycles. The molecule has 0 radical (unpaired) electrons. The number of rotatable bonds is 3. The average Bonchev–Trinajstić information content (AvgIpc) is 2.60. The summed E-state index contributed by atoms with van der Waals surface area (Å²) in [6.07, 6.45) is 4.51. The van der Waals surface area contributed by atoms with Crippen LogP contribution in [-0.2, 0) is 11.3 Å². The third-order valence-electron chi connectivity index (χ3n) is 5.07. The molecule has 2 aliphatic rings. The largest absolute Gasteiger partial charge is 0.372 e. The highest BCUT2D eigenvalue weighted by atomic mass is 16.5. The van der Waals surface area contributed by atoms with Gasteiger partial charge in [0.25, 0.3) is 0 Å². The molecule has 0 aliphatic carbocycles. The van der Waals surface area contributed by atoms with Crippen LogP contribution in [0.25, 0.3) is 0 Å². The molecule has 2 aliphatic heterocycles. The van der Waals surface area contributed by atoms with Crippen LogP contribution in [-0.4, -0.2) is 54.3 Å². The van der Waals surface area contributed by atoms with E-state index < -0.39 is 0 Å². The van der Waals surface area contributed by atoms with E-state index in [1.165, 1.54) is 12.8 Å². The molecule has 0 saturated carbocycles. The predicted octanol–water partition coefficient (Wildman–Crippen LogP) is 2.64. The second kappa shape index (κ2) is 8.04. The first-order valence-electron chi connectivity index (χ1n) is 9.39. The number of carbonyl (C=O) groups excluding carboxylic acids is 1. The summed E-state index contributed by atoms with van der Waals surface area (Å²) in [6, 6.07) is 4.10. The molecule has 2 amide bonds. The number of pyridine rings is 1. The first-order chi connectivity index (χ1) is 12.0. The first kappa shape index (κ1) is 18.0. The van der Waals surface area contributed by atoms with Gasteiger partial charge in [0.05, 0.1) is 12.2 Å². The van der Waals surface area contributed by atoms with Crippen LogP contribution in [0, 0.1) is 5.92 Å². The zero-order valence-electron chi connectivity index (χ0n) is 15.6. The number of aromatic nitrogens is 1. The maximum absolute atomic E-state index is 12.3. The van der Waals surface area contributed by atoms with Gasteiger partial charge in [-0.15, -0.1) is 0 Å². The number of nitrogens with zero attached hydrogens (tertiary/aromatic N) is 3. The van der Waals surface area contributed by atoms with Crippen LogP contribution in [0.3, 0.4) is 0 Å². The normalized spacial score (nSPS) is 25.1.